The average Bonchev–Trinajstić information content (AvgIpc) is 2.89. The molecular formula is C17H21N3OS. The van der Waals surface area contributed by atoms with Crippen molar-refractivity contribution in [3.63, 3.8) is 0 Å². The van der Waals surface area contributed by atoms with Crippen LogP contribution in [-0.4, -0.2) is 42.0 Å². The van der Waals surface area contributed by atoms with E-state index in [9.17, 15) is 4.79 Å². The van der Waals surface area contributed by atoms with Crippen LogP contribution in [0.15, 0.2) is 18.2 Å². The summed E-state index contributed by atoms with van der Waals surface area (Å²) in [5.41, 5.74) is 2.33. The smallest absolute Gasteiger partial charge is 0.229 e. The summed E-state index contributed by atoms with van der Waals surface area (Å²) in [5.74, 6) is 0.528. The molecule has 0 bridgehead atoms. The molecule has 1 aromatic carbocycles. The molecule has 4 rings (SSSR count). The maximum atomic E-state index is 12.5. The number of rotatable bonds is 2. The van der Waals surface area contributed by atoms with Crippen molar-refractivity contribution in [2.24, 2.45) is 5.92 Å². The number of piperidine rings is 1. The molecule has 4 nitrogen and oxygen atoms in total. The fraction of sp³-hybridized carbons (Fsp3) is 0.529. The Morgan fingerprint density at radius 3 is 2.77 bits per heavy atom. The quantitative estimate of drug-likeness (QED) is 0.854. The van der Waals surface area contributed by atoms with Gasteiger partial charge >= 0.3 is 0 Å². The van der Waals surface area contributed by atoms with Gasteiger partial charge in [0.25, 0.3) is 0 Å². The number of likely N-dealkylation sites (tertiary alicyclic amines) is 1. The molecule has 0 saturated carbocycles. The van der Waals surface area contributed by atoms with Crippen molar-refractivity contribution in [3.05, 3.63) is 23.8 Å². The van der Waals surface area contributed by atoms with Gasteiger partial charge in [-0.3, -0.25) is 4.79 Å². The zero-order valence-corrected chi connectivity index (χ0v) is 13.7. The molecule has 0 aliphatic carbocycles. The first-order valence-electron chi connectivity index (χ1n) is 8.11. The maximum absolute atomic E-state index is 12.5. The van der Waals surface area contributed by atoms with E-state index in [0.29, 0.717) is 5.91 Å². The molecule has 0 radical (unpaired) electrons. The molecule has 0 unspecified atom stereocenters. The zero-order valence-electron chi connectivity index (χ0n) is 12.9. The van der Waals surface area contributed by atoms with Gasteiger partial charge in [0.15, 0.2) is 5.13 Å². The molecule has 2 aliphatic heterocycles. The Morgan fingerprint density at radius 1 is 1.23 bits per heavy atom. The predicted molar refractivity (Wildman–Crippen MR) is 90.5 cm³/mol. The first-order chi connectivity index (χ1) is 10.7. The minimum absolute atomic E-state index is 0.173. The molecule has 2 aromatic rings. The second-order valence-corrected chi connectivity index (χ2v) is 7.46. The maximum Gasteiger partial charge on any atom is 0.229 e. The van der Waals surface area contributed by atoms with Gasteiger partial charge in [-0.2, -0.15) is 0 Å². The fourth-order valence-corrected chi connectivity index (χ4v) is 4.40. The monoisotopic (exact) mass is 315 g/mol. The SMILES string of the molecule is Cc1ccc2nc(N3CC(C(=O)N4CCCCC4)C3)sc2c1. The Bertz CT molecular complexity index is 699. The van der Waals surface area contributed by atoms with E-state index >= 15 is 0 Å². The number of carbonyl (C=O) groups excluding carboxylic acids is 1. The van der Waals surface area contributed by atoms with Crippen LogP contribution in [0.25, 0.3) is 10.2 Å². The number of thiazole rings is 1. The Morgan fingerprint density at radius 2 is 2.00 bits per heavy atom. The predicted octanol–water partition coefficient (Wildman–Crippen LogP) is 3.05. The van der Waals surface area contributed by atoms with Gasteiger partial charge in [0.1, 0.15) is 0 Å². The molecule has 5 heteroatoms. The van der Waals surface area contributed by atoms with Crippen molar-refractivity contribution >= 4 is 32.6 Å². The first kappa shape index (κ1) is 14.0. The summed E-state index contributed by atoms with van der Waals surface area (Å²) in [5, 5.41) is 1.06. The van der Waals surface area contributed by atoms with Crippen LogP contribution >= 0.6 is 11.3 Å². The lowest BCUT2D eigenvalue weighted by molar-refractivity contribution is -0.137. The normalized spacial score (nSPS) is 19.5. The summed E-state index contributed by atoms with van der Waals surface area (Å²) in [6.07, 6.45) is 3.60. The van der Waals surface area contributed by atoms with E-state index in [1.165, 1.54) is 29.5 Å². The van der Waals surface area contributed by atoms with Gasteiger partial charge in [0.05, 0.1) is 16.1 Å². The third-order valence-electron chi connectivity index (χ3n) is 4.70. The number of benzene rings is 1. The van der Waals surface area contributed by atoms with Crippen LogP contribution in [0.3, 0.4) is 0 Å². The lowest BCUT2D eigenvalue weighted by atomic mass is 9.98. The van der Waals surface area contributed by atoms with Crippen molar-refractivity contribution in [1.29, 1.82) is 0 Å². The van der Waals surface area contributed by atoms with Crippen LogP contribution in [0.2, 0.25) is 0 Å². The molecule has 22 heavy (non-hydrogen) atoms. The minimum atomic E-state index is 0.173. The van der Waals surface area contributed by atoms with E-state index in [0.717, 1.165) is 36.8 Å². The van der Waals surface area contributed by atoms with Gasteiger partial charge in [-0.05, 0) is 43.9 Å². The number of hydrogen-bond acceptors (Lipinski definition) is 4. The lowest BCUT2D eigenvalue weighted by Gasteiger charge is -2.41. The van der Waals surface area contributed by atoms with Gasteiger partial charge in [0.2, 0.25) is 5.91 Å². The lowest BCUT2D eigenvalue weighted by Crippen LogP contribution is -2.55. The van der Waals surface area contributed by atoms with Gasteiger partial charge in [-0.25, -0.2) is 4.98 Å². The van der Waals surface area contributed by atoms with Crippen molar-refractivity contribution in [1.82, 2.24) is 9.88 Å². The second kappa shape index (κ2) is 5.54. The number of fused-ring (bicyclic) bond motifs is 1. The second-order valence-electron chi connectivity index (χ2n) is 6.46. The van der Waals surface area contributed by atoms with Crippen LogP contribution < -0.4 is 4.90 Å². The molecule has 0 N–H and O–H groups in total. The summed E-state index contributed by atoms with van der Waals surface area (Å²) in [6, 6.07) is 6.37. The number of aryl methyl sites for hydroxylation is 1. The first-order valence-corrected chi connectivity index (χ1v) is 8.93. The number of aromatic nitrogens is 1. The summed E-state index contributed by atoms with van der Waals surface area (Å²) >= 11 is 1.73. The highest BCUT2D eigenvalue weighted by molar-refractivity contribution is 7.22. The van der Waals surface area contributed by atoms with Crippen LogP contribution in [0.5, 0.6) is 0 Å². The molecule has 1 amide bonds. The third-order valence-corrected chi connectivity index (χ3v) is 5.78. The van der Waals surface area contributed by atoms with E-state index in [1.54, 1.807) is 11.3 Å². The number of nitrogens with zero attached hydrogens (tertiary/aromatic N) is 3. The van der Waals surface area contributed by atoms with E-state index in [1.807, 2.05) is 0 Å². The van der Waals surface area contributed by atoms with E-state index < -0.39 is 0 Å². The summed E-state index contributed by atoms with van der Waals surface area (Å²) in [6.45, 7) is 5.67. The number of hydrogen-bond donors (Lipinski definition) is 0. The molecular weight excluding hydrogens is 294 g/mol. The van der Waals surface area contributed by atoms with Gasteiger partial charge in [-0.15, -0.1) is 0 Å². The average molecular weight is 315 g/mol. The molecule has 3 heterocycles. The van der Waals surface area contributed by atoms with E-state index in [2.05, 4.69) is 34.9 Å². The van der Waals surface area contributed by atoms with Gasteiger partial charge in [-0.1, -0.05) is 17.4 Å². The van der Waals surface area contributed by atoms with E-state index in [-0.39, 0.29) is 5.92 Å². The van der Waals surface area contributed by atoms with Crippen molar-refractivity contribution < 1.29 is 4.79 Å². The van der Waals surface area contributed by atoms with Crippen LogP contribution in [0.1, 0.15) is 24.8 Å². The Kier molecular flexibility index (Phi) is 3.53. The summed E-state index contributed by atoms with van der Waals surface area (Å²) in [4.78, 5) is 21.5. The minimum Gasteiger partial charge on any atom is -0.346 e. The van der Waals surface area contributed by atoms with Gasteiger partial charge < -0.3 is 9.80 Å². The standard InChI is InChI=1S/C17H21N3OS/c1-12-5-6-14-15(9-12)22-17(18-14)20-10-13(11-20)16(21)19-7-3-2-4-8-19/h5-6,9,13H,2-4,7-8,10-11H2,1H3. The molecule has 0 atom stereocenters. The van der Waals surface area contributed by atoms with Crippen molar-refractivity contribution in [3.8, 4) is 0 Å². The van der Waals surface area contributed by atoms with Crippen LogP contribution in [-0.2, 0) is 4.79 Å². The molecule has 2 saturated heterocycles. The molecule has 116 valence electrons. The Balaban J connectivity index is 1.42. The van der Waals surface area contributed by atoms with Crippen molar-refractivity contribution in [2.75, 3.05) is 31.1 Å². The Hall–Kier alpha value is -1.62. The molecule has 1 aromatic heterocycles. The molecule has 2 aliphatic rings. The van der Waals surface area contributed by atoms with Crippen molar-refractivity contribution in [2.45, 2.75) is 26.2 Å². The molecule has 2 fully saturated rings. The molecule has 0 spiro atoms. The largest absolute Gasteiger partial charge is 0.346 e. The highest BCUT2D eigenvalue weighted by atomic mass is 32.1. The number of anilines is 1. The number of carbonyl (C=O) groups is 1. The topological polar surface area (TPSA) is 36.4 Å². The fourth-order valence-electron chi connectivity index (χ4n) is 3.32. The Labute approximate surface area is 134 Å². The summed E-state index contributed by atoms with van der Waals surface area (Å²) in [7, 11) is 0. The summed E-state index contributed by atoms with van der Waals surface area (Å²) < 4.78 is 1.24. The van der Waals surface area contributed by atoms with Crippen LogP contribution in [0.4, 0.5) is 5.13 Å². The van der Waals surface area contributed by atoms with Crippen LogP contribution in [0, 0.1) is 12.8 Å². The third kappa shape index (κ3) is 2.47. The van der Waals surface area contributed by atoms with Gasteiger partial charge in [0, 0.05) is 26.2 Å². The number of amides is 1. The zero-order chi connectivity index (χ0) is 15.1. The highest BCUT2D eigenvalue weighted by Gasteiger charge is 2.37. The van der Waals surface area contributed by atoms with E-state index in [4.69, 9.17) is 4.98 Å². The highest BCUT2D eigenvalue weighted by Crippen LogP contribution is 2.34.